The number of aromatic nitrogens is 1. The highest BCUT2D eigenvalue weighted by Gasteiger charge is 2.01. The number of fused-ring (bicyclic) bond motifs is 1. The molecule has 13 heavy (non-hydrogen) atoms. The largest absolute Gasteiger partial charge is 0.465 e. The van der Waals surface area contributed by atoms with Gasteiger partial charge in [-0.25, -0.2) is 9.78 Å². The van der Waals surface area contributed by atoms with E-state index >= 15 is 0 Å². The lowest BCUT2D eigenvalue weighted by atomic mass is 10.3. The van der Waals surface area contributed by atoms with Crippen molar-refractivity contribution in [3.8, 4) is 0 Å². The molecule has 0 spiro atoms. The Bertz CT molecular complexity index is 449. The zero-order chi connectivity index (χ0) is 9.26. The van der Waals surface area contributed by atoms with Gasteiger partial charge in [0.05, 0.1) is 0 Å². The number of nitrogens with one attached hydrogen (secondary N) is 1. The lowest BCUT2D eigenvalue weighted by Gasteiger charge is -1.98. The molecule has 1 amide bonds. The Morgan fingerprint density at radius 1 is 1.54 bits per heavy atom. The number of hydrogen-bond acceptors (Lipinski definition) is 3. The molecule has 0 aliphatic rings. The van der Waals surface area contributed by atoms with E-state index in [1.807, 2.05) is 0 Å². The number of carbonyl (C=O) groups is 1. The molecule has 1 aromatic heterocycles. The number of benzene rings is 1. The lowest BCUT2D eigenvalue weighted by molar-refractivity contribution is 0.210. The molecule has 1 heterocycles. The molecule has 0 bridgehead atoms. The summed E-state index contributed by atoms with van der Waals surface area (Å²) >= 11 is 0. The molecule has 0 saturated heterocycles. The summed E-state index contributed by atoms with van der Waals surface area (Å²) in [6, 6.07) is 4.88. The van der Waals surface area contributed by atoms with E-state index in [-0.39, 0.29) is 0 Å². The Labute approximate surface area is 73.0 Å². The second-order valence-corrected chi connectivity index (χ2v) is 2.47. The van der Waals surface area contributed by atoms with Crippen LogP contribution in [0.1, 0.15) is 0 Å². The van der Waals surface area contributed by atoms with Crippen LogP contribution in [0.2, 0.25) is 0 Å². The van der Waals surface area contributed by atoms with Gasteiger partial charge in [0, 0.05) is 5.69 Å². The second-order valence-electron chi connectivity index (χ2n) is 2.47. The molecule has 0 aliphatic heterocycles. The zero-order valence-corrected chi connectivity index (χ0v) is 6.52. The molecule has 0 fully saturated rings. The molecular weight excluding hydrogens is 172 g/mol. The molecule has 1 aromatic carbocycles. The lowest BCUT2D eigenvalue weighted by Crippen LogP contribution is -2.06. The van der Waals surface area contributed by atoms with Crippen molar-refractivity contribution in [2.24, 2.45) is 0 Å². The van der Waals surface area contributed by atoms with E-state index < -0.39 is 6.09 Å². The van der Waals surface area contributed by atoms with Gasteiger partial charge in [-0.2, -0.15) is 0 Å². The molecule has 0 unspecified atom stereocenters. The third-order valence-electron chi connectivity index (χ3n) is 1.58. The maximum absolute atomic E-state index is 10.3. The second kappa shape index (κ2) is 2.78. The highest BCUT2D eigenvalue weighted by atomic mass is 16.4. The third-order valence-corrected chi connectivity index (χ3v) is 1.58. The minimum atomic E-state index is -1.09. The minimum Gasteiger partial charge on any atom is -0.465 e. The standard InChI is InChI=1S/C8H6N2O3/c11-8(12)10-5-1-2-7-6(3-5)9-4-13-7/h1-4,10H,(H,11,12). The van der Waals surface area contributed by atoms with E-state index in [2.05, 4.69) is 10.3 Å². The Balaban J connectivity index is 2.42. The van der Waals surface area contributed by atoms with E-state index in [1.165, 1.54) is 6.39 Å². The van der Waals surface area contributed by atoms with Crippen LogP contribution in [-0.2, 0) is 0 Å². The van der Waals surface area contributed by atoms with Crippen LogP contribution in [0.3, 0.4) is 0 Å². The van der Waals surface area contributed by atoms with E-state index in [9.17, 15) is 4.79 Å². The quantitative estimate of drug-likeness (QED) is 0.699. The monoisotopic (exact) mass is 178 g/mol. The first-order chi connectivity index (χ1) is 6.25. The van der Waals surface area contributed by atoms with Crippen molar-refractivity contribution in [1.29, 1.82) is 0 Å². The van der Waals surface area contributed by atoms with Gasteiger partial charge in [-0.05, 0) is 18.2 Å². The molecular formula is C8H6N2O3. The van der Waals surface area contributed by atoms with Gasteiger partial charge in [-0.1, -0.05) is 0 Å². The predicted molar refractivity (Wildman–Crippen MR) is 45.7 cm³/mol. The van der Waals surface area contributed by atoms with Crippen LogP contribution in [0.5, 0.6) is 0 Å². The molecule has 66 valence electrons. The van der Waals surface area contributed by atoms with Crippen molar-refractivity contribution in [3.63, 3.8) is 0 Å². The number of carboxylic acid groups (broad SMARTS) is 1. The first kappa shape index (κ1) is 7.60. The summed E-state index contributed by atoms with van der Waals surface area (Å²) in [5, 5.41) is 10.7. The minimum absolute atomic E-state index is 0.480. The fraction of sp³-hybridized carbons (Fsp3) is 0. The van der Waals surface area contributed by atoms with Crippen LogP contribution in [0.25, 0.3) is 11.1 Å². The van der Waals surface area contributed by atoms with Gasteiger partial charge in [0.2, 0.25) is 0 Å². The van der Waals surface area contributed by atoms with Crippen LogP contribution in [-0.4, -0.2) is 16.2 Å². The fourth-order valence-corrected chi connectivity index (χ4v) is 1.06. The van der Waals surface area contributed by atoms with Crippen molar-refractivity contribution in [2.75, 3.05) is 5.32 Å². The molecule has 5 nitrogen and oxygen atoms in total. The molecule has 5 heteroatoms. The average Bonchev–Trinajstić information content (AvgIpc) is 2.49. The molecule has 0 saturated carbocycles. The first-order valence-corrected chi connectivity index (χ1v) is 3.59. The van der Waals surface area contributed by atoms with Gasteiger partial charge in [0.25, 0.3) is 0 Å². The summed E-state index contributed by atoms with van der Waals surface area (Å²) in [5.74, 6) is 0. The number of amides is 1. The molecule has 2 rings (SSSR count). The van der Waals surface area contributed by atoms with Crippen LogP contribution in [0.15, 0.2) is 29.0 Å². The number of hydrogen-bond donors (Lipinski definition) is 2. The van der Waals surface area contributed by atoms with Gasteiger partial charge < -0.3 is 9.52 Å². The number of rotatable bonds is 1. The van der Waals surface area contributed by atoms with Crippen LogP contribution >= 0.6 is 0 Å². The normalized spacial score (nSPS) is 10.2. The van der Waals surface area contributed by atoms with Gasteiger partial charge in [0.1, 0.15) is 5.52 Å². The SMILES string of the molecule is O=C(O)Nc1ccc2ocnc2c1. The Kier molecular flexibility index (Phi) is 1.63. The van der Waals surface area contributed by atoms with E-state index in [0.717, 1.165) is 0 Å². The van der Waals surface area contributed by atoms with Crippen molar-refractivity contribution in [3.05, 3.63) is 24.6 Å². The maximum Gasteiger partial charge on any atom is 0.409 e. The first-order valence-electron chi connectivity index (χ1n) is 3.59. The Morgan fingerprint density at radius 3 is 3.15 bits per heavy atom. The van der Waals surface area contributed by atoms with Crippen LogP contribution in [0.4, 0.5) is 10.5 Å². The summed E-state index contributed by atoms with van der Waals surface area (Å²) in [5.41, 5.74) is 1.75. The van der Waals surface area contributed by atoms with Crippen LogP contribution < -0.4 is 5.32 Å². The summed E-state index contributed by atoms with van der Waals surface area (Å²) in [6.45, 7) is 0. The number of anilines is 1. The molecule has 2 aromatic rings. The average molecular weight is 178 g/mol. The van der Waals surface area contributed by atoms with E-state index in [4.69, 9.17) is 9.52 Å². The van der Waals surface area contributed by atoms with Crippen molar-refractivity contribution < 1.29 is 14.3 Å². The Morgan fingerprint density at radius 2 is 2.38 bits per heavy atom. The van der Waals surface area contributed by atoms with Crippen molar-refractivity contribution in [1.82, 2.24) is 4.98 Å². The summed E-state index contributed by atoms with van der Waals surface area (Å²) in [7, 11) is 0. The Hall–Kier alpha value is -2.04. The summed E-state index contributed by atoms with van der Waals surface area (Å²) in [6.07, 6.45) is 0.220. The molecule has 0 radical (unpaired) electrons. The predicted octanol–water partition coefficient (Wildman–Crippen LogP) is 1.92. The van der Waals surface area contributed by atoms with Gasteiger partial charge in [-0.15, -0.1) is 0 Å². The molecule has 2 N–H and O–H groups in total. The topological polar surface area (TPSA) is 75.4 Å². The molecule has 0 atom stereocenters. The maximum atomic E-state index is 10.3. The van der Waals surface area contributed by atoms with Crippen LogP contribution in [0, 0.1) is 0 Å². The summed E-state index contributed by atoms with van der Waals surface area (Å²) in [4.78, 5) is 14.2. The molecule has 0 aliphatic carbocycles. The zero-order valence-electron chi connectivity index (χ0n) is 6.52. The van der Waals surface area contributed by atoms with E-state index in [0.29, 0.717) is 16.8 Å². The number of nitrogens with zero attached hydrogens (tertiary/aromatic N) is 1. The third kappa shape index (κ3) is 1.44. The van der Waals surface area contributed by atoms with Crippen molar-refractivity contribution in [2.45, 2.75) is 0 Å². The van der Waals surface area contributed by atoms with Gasteiger partial charge in [-0.3, -0.25) is 5.32 Å². The highest BCUT2D eigenvalue weighted by molar-refractivity contribution is 5.86. The highest BCUT2D eigenvalue weighted by Crippen LogP contribution is 2.17. The number of oxazole rings is 1. The summed E-state index contributed by atoms with van der Waals surface area (Å²) < 4.78 is 4.99. The smallest absolute Gasteiger partial charge is 0.409 e. The van der Waals surface area contributed by atoms with Gasteiger partial charge >= 0.3 is 6.09 Å². The van der Waals surface area contributed by atoms with Crippen molar-refractivity contribution >= 4 is 22.9 Å². The fourth-order valence-electron chi connectivity index (χ4n) is 1.06. The van der Waals surface area contributed by atoms with Gasteiger partial charge in [0.15, 0.2) is 12.0 Å². The van der Waals surface area contributed by atoms with E-state index in [1.54, 1.807) is 18.2 Å².